The van der Waals surface area contributed by atoms with Gasteiger partial charge in [-0.1, -0.05) is 32.4 Å². The lowest BCUT2D eigenvalue weighted by Crippen LogP contribution is -2.18. The molecule has 0 fully saturated rings. The molecular weight excluding hydrogens is 375 g/mol. The zero-order valence-corrected chi connectivity index (χ0v) is 13.8. The van der Waals surface area contributed by atoms with Crippen LogP contribution in [-0.4, -0.2) is 15.0 Å². The van der Waals surface area contributed by atoms with Gasteiger partial charge >= 0.3 is 0 Å². The van der Waals surface area contributed by atoms with Crippen LogP contribution in [0.15, 0.2) is 18.3 Å². The Kier molecular flexibility index (Phi) is 3.96. The van der Waals surface area contributed by atoms with Crippen LogP contribution in [0.2, 0.25) is 5.02 Å². The van der Waals surface area contributed by atoms with E-state index in [4.69, 9.17) is 17.3 Å². The van der Waals surface area contributed by atoms with Crippen LogP contribution < -0.4 is 5.73 Å². The van der Waals surface area contributed by atoms with Gasteiger partial charge in [-0.2, -0.15) is 0 Å². The third kappa shape index (κ3) is 2.97. The highest BCUT2D eigenvalue weighted by molar-refractivity contribution is 14.1. The van der Waals surface area contributed by atoms with Gasteiger partial charge in [0.1, 0.15) is 11.5 Å². The molecule has 0 radical (unpaired) electrons. The molecule has 2 rings (SSSR count). The van der Waals surface area contributed by atoms with Crippen LogP contribution in [0.4, 0.5) is 5.82 Å². The van der Waals surface area contributed by atoms with Crippen LogP contribution in [0, 0.1) is 3.57 Å². The van der Waals surface area contributed by atoms with Crippen LogP contribution in [-0.2, 0) is 5.41 Å². The Morgan fingerprint density at radius 3 is 2.53 bits per heavy atom. The molecule has 0 unspecified atom stereocenters. The Bertz CT molecular complexity index is 623. The summed E-state index contributed by atoms with van der Waals surface area (Å²) >= 11 is 8.30. The average Bonchev–Trinajstić information content (AvgIpc) is 2.31. The predicted molar refractivity (Wildman–Crippen MR) is 86.1 cm³/mol. The first-order chi connectivity index (χ1) is 8.80. The van der Waals surface area contributed by atoms with E-state index in [1.165, 1.54) is 0 Å². The molecule has 2 aromatic rings. The smallest absolute Gasteiger partial charge is 0.182 e. The summed E-state index contributed by atoms with van der Waals surface area (Å²) in [5.74, 6) is 0.922. The fraction of sp³-hybridized carbons (Fsp3) is 0.308. The number of pyridine rings is 1. The molecule has 100 valence electrons. The fourth-order valence-corrected chi connectivity index (χ4v) is 2.87. The normalized spacial score (nSPS) is 11.6. The molecular formula is C13H14ClIN4. The van der Waals surface area contributed by atoms with E-state index in [2.05, 4.69) is 58.3 Å². The quantitative estimate of drug-likeness (QED) is 0.757. The second-order valence-electron chi connectivity index (χ2n) is 5.18. The zero-order chi connectivity index (χ0) is 14.2. The van der Waals surface area contributed by atoms with Crippen LogP contribution in [0.1, 0.15) is 26.5 Å². The number of nitrogen functional groups attached to an aromatic ring is 1. The molecule has 0 saturated carbocycles. The molecule has 0 atom stereocenters. The van der Waals surface area contributed by atoms with E-state index in [1.807, 2.05) is 0 Å². The third-order valence-electron chi connectivity index (χ3n) is 2.56. The minimum atomic E-state index is -0.121. The van der Waals surface area contributed by atoms with Gasteiger partial charge in [-0.15, -0.1) is 0 Å². The first kappa shape index (κ1) is 14.5. The summed E-state index contributed by atoms with van der Waals surface area (Å²) in [6.45, 7) is 6.25. The van der Waals surface area contributed by atoms with Crippen molar-refractivity contribution in [2.45, 2.75) is 26.2 Å². The average molecular weight is 389 g/mol. The largest absolute Gasteiger partial charge is 0.383 e. The molecule has 0 aliphatic heterocycles. The minimum Gasteiger partial charge on any atom is -0.383 e. The summed E-state index contributed by atoms with van der Waals surface area (Å²) in [4.78, 5) is 13.1. The topological polar surface area (TPSA) is 64.7 Å². The molecule has 4 nitrogen and oxygen atoms in total. The van der Waals surface area contributed by atoms with Crippen LogP contribution in [0.3, 0.4) is 0 Å². The van der Waals surface area contributed by atoms with Gasteiger partial charge in [-0.3, -0.25) is 4.98 Å². The van der Waals surface area contributed by atoms with Gasteiger partial charge in [-0.05, 0) is 34.7 Å². The highest BCUT2D eigenvalue weighted by atomic mass is 127. The molecule has 0 aliphatic carbocycles. The molecule has 0 aliphatic rings. The number of hydrogen-bond acceptors (Lipinski definition) is 4. The molecule has 2 N–H and O–H groups in total. The van der Waals surface area contributed by atoms with E-state index in [1.54, 1.807) is 18.3 Å². The van der Waals surface area contributed by atoms with Crippen molar-refractivity contribution in [3.63, 3.8) is 0 Å². The van der Waals surface area contributed by atoms with Gasteiger partial charge in [0.2, 0.25) is 0 Å². The SMILES string of the molecule is CC(C)(C)c1nc(-c2ncccc2Cl)nc(N)c1I. The molecule has 19 heavy (non-hydrogen) atoms. The van der Waals surface area contributed by atoms with Crippen molar-refractivity contribution in [3.05, 3.63) is 32.6 Å². The van der Waals surface area contributed by atoms with Crippen molar-refractivity contribution < 1.29 is 0 Å². The number of nitrogens with two attached hydrogens (primary N) is 1. The van der Waals surface area contributed by atoms with Crippen molar-refractivity contribution in [2.24, 2.45) is 0 Å². The highest BCUT2D eigenvalue weighted by Crippen LogP contribution is 2.31. The van der Waals surface area contributed by atoms with Crippen molar-refractivity contribution in [1.29, 1.82) is 0 Å². The maximum Gasteiger partial charge on any atom is 0.182 e. The predicted octanol–water partition coefficient (Wildman–Crippen LogP) is 3.68. The molecule has 0 aromatic carbocycles. The van der Waals surface area contributed by atoms with Gasteiger partial charge in [0.05, 0.1) is 14.3 Å². The van der Waals surface area contributed by atoms with Crippen molar-refractivity contribution in [1.82, 2.24) is 15.0 Å². The molecule has 6 heteroatoms. The Balaban J connectivity index is 2.68. The molecule has 0 bridgehead atoms. The van der Waals surface area contributed by atoms with E-state index in [0.29, 0.717) is 22.4 Å². The van der Waals surface area contributed by atoms with E-state index in [-0.39, 0.29) is 5.41 Å². The van der Waals surface area contributed by atoms with E-state index >= 15 is 0 Å². The van der Waals surface area contributed by atoms with Crippen LogP contribution >= 0.6 is 34.2 Å². The number of nitrogens with zero attached hydrogens (tertiary/aromatic N) is 3. The van der Waals surface area contributed by atoms with Gasteiger partial charge in [-0.25, -0.2) is 9.97 Å². The molecule has 2 heterocycles. The number of rotatable bonds is 1. The summed E-state index contributed by atoms with van der Waals surface area (Å²) in [7, 11) is 0. The molecule has 0 amide bonds. The van der Waals surface area contributed by atoms with Gasteiger partial charge in [0.25, 0.3) is 0 Å². The standard InChI is InChI=1S/C13H14ClIN4/c1-13(2,3)10-8(15)11(16)19-12(18-10)9-7(14)5-4-6-17-9/h4-6H,1-3H3,(H2,16,18,19). The number of aromatic nitrogens is 3. The van der Waals surface area contributed by atoms with Crippen molar-refractivity contribution in [3.8, 4) is 11.5 Å². The molecule has 2 aromatic heterocycles. The van der Waals surface area contributed by atoms with Crippen molar-refractivity contribution in [2.75, 3.05) is 5.73 Å². The van der Waals surface area contributed by atoms with Gasteiger partial charge in [0.15, 0.2) is 5.82 Å². The lowest BCUT2D eigenvalue weighted by Gasteiger charge is -2.20. The summed E-state index contributed by atoms with van der Waals surface area (Å²) < 4.78 is 0.876. The maximum absolute atomic E-state index is 6.13. The Morgan fingerprint density at radius 2 is 1.95 bits per heavy atom. The third-order valence-corrected chi connectivity index (χ3v) is 3.93. The van der Waals surface area contributed by atoms with Gasteiger partial charge < -0.3 is 5.73 Å². The minimum absolute atomic E-state index is 0.121. The summed E-state index contributed by atoms with van der Waals surface area (Å²) in [6.07, 6.45) is 1.66. The molecule has 0 spiro atoms. The Hall–Kier alpha value is -0.950. The van der Waals surface area contributed by atoms with Gasteiger partial charge in [0, 0.05) is 11.6 Å². The lowest BCUT2D eigenvalue weighted by molar-refractivity contribution is 0.564. The van der Waals surface area contributed by atoms with Crippen molar-refractivity contribution >= 4 is 40.0 Å². The monoisotopic (exact) mass is 388 g/mol. The number of halogens is 2. The van der Waals surface area contributed by atoms with E-state index in [9.17, 15) is 0 Å². The second kappa shape index (κ2) is 5.20. The Labute approximate surface area is 131 Å². The van der Waals surface area contributed by atoms with Crippen LogP contribution in [0.5, 0.6) is 0 Å². The van der Waals surface area contributed by atoms with Crippen LogP contribution in [0.25, 0.3) is 11.5 Å². The number of hydrogen-bond donors (Lipinski definition) is 1. The fourth-order valence-electron chi connectivity index (χ4n) is 1.62. The Morgan fingerprint density at radius 1 is 1.26 bits per heavy atom. The van der Waals surface area contributed by atoms with E-state index in [0.717, 1.165) is 9.26 Å². The first-order valence-electron chi connectivity index (χ1n) is 5.75. The summed E-state index contributed by atoms with van der Waals surface area (Å²) in [5, 5.41) is 0.517. The summed E-state index contributed by atoms with van der Waals surface area (Å²) in [5.41, 5.74) is 7.31. The lowest BCUT2D eigenvalue weighted by atomic mass is 9.92. The second-order valence-corrected chi connectivity index (χ2v) is 6.66. The summed E-state index contributed by atoms with van der Waals surface area (Å²) in [6, 6.07) is 3.53. The molecule has 0 saturated heterocycles. The maximum atomic E-state index is 6.13. The highest BCUT2D eigenvalue weighted by Gasteiger charge is 2.23. The zero-order valence-electron chi connectivity index (χ0n) is 10.9. The number of anilines is 1. The first-order valence-corrected chi connectivity index (χ1v) is 7.20. The van der Waals surface area contributed by atoms with E-state index < -0.39 is 0 Å².